The molecule has 6 nitrogen and oxygen atoms in total. The second-order valence-electron chi connectivity index (χ2n) is 4.88. The van der Waals surface area contributed by atoms with Gasteiger partial charge in [-0.25, -0.2) is 0 Å². The molecule has 1 fully saturated rings. The first-order valence-electron chi connectivity index (χ1n) is 7.23. The topological polar surface area (TPSA) is 62.8 Å². The molecule has 0 unspecified atom stereocenters. The molecule has 0 aromatic heterocycles. The van der Waals surface area contributed by atoms with Gasteiger partial charge in [0.2, 0.25) is 5.91 Å². The van der Waals surface area contributed by atoms with Crippen molar-refractivity contribution in [2.45, 2.75) is 0 Å². The Morgan fingerprint density at radius 2 is 2.10 bits per heavy atom. The summed E-state index contributed by atoms with van der Waals surface area (Å²) in [6.07, 6.45) is 0. The van der Waals surface area contributed by atoms with Crippen LogP contribution in [0.5, 0.6) is 5.75 Å². The Hall–Kier alpha value is -1.63. The summed E-state index contributed by atoms with van der Waals surface area (Å²) < 4.78 is 10.5. The minimum Gasteiger partial charge on any atom is -0.495 e. The number of benzene rings is 1. The minimum absolute atomic E-state index is 0.0681. The number of methoxy groups -OCH3 is 1. The first-order valence-corrected chi connectivity index (χ1v) is 7.23. The highest BCUT2D eigenvalue weighted by Gasteiger charge is 2.10. The Kier molecular flexibility index (Phi) is 6.46. The Bertz CT molecular complexity index is 448. The van der Waals surface area contributed by atoms with E-state index in [9.17, 15) is 4.79 Å². The van der Waals surface area contributed by atoms with Crippen molar-refractivity contribution in [1.82, 2.24) is 10.2 Å². The van der Waals surface area contributed by atoms with Gasteiger partial charge in [-0.05, 0) is 12.1 Å². The van der Waals surface area contributed by atoms with E-state index in [2.05, 4.69) is 15.5 Å². The summed E-state index contributed by atoms with van der Waals surface area (Å²) in [5, 5.41) is 5.99. The van der Waals surface area contributed by atoms with E-state index < -0.39 is 0 Å². The maximum atomic E-state index is 11.9. The molecule has 116 valence electrons. The predicted octanol–water partition coefficient (Wildman–Crippen LogP) is 0.555. The van der Waals surface area contributed by atoms with Crippen molar-refractivity contribution < 1.29 is 14.3 Å². The van der Waals surface area contributed by atoms with Crippen LogP contribution in [0.15, 0.2) is 24.3 Å². The number of nitrogens with zero attached hydrogens (tertiary/aromatic N) is 1. The van der Waals surface area contributed by atoms with Crippen LogP contribution in [0.2, 0.25) is 0 Å². The molecule has 21 heavy (non-hydrogen) atoms. The number of para-hydroxylation sites is 2. The number of hydrogen-bond donors (Lipinski definition) is 2. The van der Waals surface area contributed by atoms with Crippen LogP contribution in [0.1, 0.15) is 0 Å². The van der Waals surface area contributed by atoms with Gasteiger partial charge in [-0.1, -0.05) is 12.1 Å². The van der Waals surface area contributed by atoms with E-state index in [0.717, 1.165) is 39.4 Å². The fraction of sp³-hybridized carbons (Fsp3) is 0.533. The molecule has 1 saturated heterocycles. The van der Waals surface area contributed by atoms with E-state index in [0.29, 0.717) is 18.0 Å². The number of amides is 1. The van der Waals surface area contributed by atoms with Crippen molar-refractivity contribution in [2.24, 2.45) is 0 Å². The van der Waals surface area contributed by atoms with Crippen LogP contribution in [-0.4, -0.2) is 63.9 Å². The molecule has 0 atom stereocenters. The molecule has 1 heterocycles. The van der Waals surface area contributed by atoms with E-state index in [4.69, 9.17) is 9.47 Å². The van der Waals surface area contributed by atoms with Gasteiger partial charge in [0.1, 0.15) is 5.75 Å². The summed E-state index contributed by atoms with van der Waals surface area (Å²) in [6.45, 7) is 5.56. The highest BCUT2D eigenvalue weighted by atomic mass is 16.5. The summed E-state index contributed by atoms with van der Waals surface area (Å²) in [6, 6.07) is 7.38. The summed E-state index contributed by atoms with van der Waals surface area (Å²) in [5.74, 6) is 0.598. The van der Waals surface area contributed by atoms with Gasteiger partial charge in [-0.3, -0.25) is 9.69 Å². The van der Waals surface area contributed by atoms with Gasteiger partial charge in [-0.15, -0.1) is 0 Å². The van der Waals surface area contributed by atoms with Crippen LogP contribution < -0.4 is 15.4 Å². The molecule has 0 saturated carbocycles. The van der Waals surface area contributed by atoms with Crippen LogP contribution in [-0.2, 0) is 9.53 Å². The normalized spacial score (nSPS) is 15.7. The fourth-order valence-corrected chi connectivity index (χ4v) is 2.21. The molecule has 2 N–H and O–H groups in total. The number of carbonyl (C=O) groups excluding carboxylic acids is 1. The second kappa shape index (κ2) is 8.61. The maximum Gasteiger partial charge on any atom is 0.238 e. The molecular weight excluding hydrogens is 270 g/mol. The van der Waals surface area contributed by atoms with Crippen molar-refractivity contribution in [2.75, 3.05) is 58.4 Å². The molecule has 1 aromatic carbocycles. The summed E-state index contributed by atoms with van der Waals surface area (Å²) in [7, 11) is 1.59. The monoisotopic (exact) mass is 293 g/mol. The van der Waals surface area contributed by atoms with E-state index >= 15 is 0 Å². The Balaban J connectivity index is 1.65. The van der Waals surface area contributed by atoms with Gasteiger partial charge in [0.05, 0.1) is 32.6 Å². The highest BCUT2D eigenvalue weighted by molar-refractivity contribution is 5.93. The fourth-order valence-electron chi connectivity index (χ4n) is 2.21. The number of carbonyl (C=O) groups is 1. The van der Waals surface area contributed by atoms with Gasteiger partial charge in [-0.2, -0.15) is 0 Å². The maximum absolute atomic E-state index is 11.9. The third kappa shape index (κ3) is 5.34. The average Bonchev–Trinajstić information content (AvgIpc) is 2.53. The molecule has 6 heteroatoms. The molecule has 1 amide bonds. The molecule has 0 bridgehead atoms. The van der Waals surface area contributed by atoms with Crippen molar-refractivity contribution >= 4 is 11.6 Å². The van der Waals surface area contributed by atoms with Crippen molar-refractivity contribution in [3.05, 3.63) is 24.3 Å². The molecule has 1 aromatic rings. The van der Waals surface area contributed by atoms with E-state index in [1.807, 2.05) is 24.3 Å². The second-order valence-corrected chi connectivity index (χ2v) is 4.88. The van der Waals surface area contributed by atoms with Crippen LogP contribution in [0.25, 0.3) is 0 Å². The Morgan fingerprint density at radius 1 is 1.33 bits per heavy atom. The number of morpholine rings is 1. The van der Waals surface area contributed by atoms with Crippen LogP contribution in [0.4, 0.5) is 5.69 Å². The molecule has 0 spiro atoms. The van der Waals surface area contributed by atoms with E-state index in [-0.39, 0.29) is 5.91 Å². The lowest BCUT2D eigenvalue weighted by Crippen LogP contribution is -2.41. The zero-order chi connectivity index (χ0) is 14.9. The first kappa shape index (κ1) is 15.8. The number of anilines is 1. The van der Waals surface area contributed by atoms with Crippen LogP contribution >= 0.6 is 0 Å². The summed E-state index contributed by atoms with van der Waals surface area (Å²) in [4.78, 5) is 14.2. The number of nitrogens with one attached hydrogen (secondary N) is 2. The lowest BCUT2D eigenvalue weighted by molar-refractivity contribution is -0.115. The molecule has 2 rings (SSSR count). The zero-order valence-corrected chi connectivity index (χ0v) is 12.4. The largest absolute Gasteiger partial charge is 0.495 e. The van der Waals surface area contributed by atoms with Crippen molar-refractivity contribution in [3.63, 3.8) is 0 Å². The quantitative estimate of drug-likeness (QED) is 0.719. The highest BCUT2D eigenvalue weighted by Crippen LogP contribution is 2.22. The third-order valence-electron chi connectivity index (χ3n) is 3.38. The van der Waals surface area contributed by atoms with Gasteiger partial charge in [0.15, 0.2) is 0 Å². The van der Waals surface area contributed by atoms with E-state index in [1.54, 1.807) is 7.11 Å². The van der Waals surface area contributed by atoms with Crippen LogP contribution in [0.3, 0.4) is 0 Å². The standard InChI is InChI=1S/C15H23N3O3/c1-20-14-5-3-2-4-13(14)17-15(19)12-16-6-7-18-8-10-21-11-9-18/h2-5,16H,6-12H2,1H3,(H,17,19). The van der Waals surface area contributed by atoms with Crippen molar-refractivity contribution in [1.29, 1.82) is 0 Å². The first-order chi connectivity index (χ1) is 10.3. The molecule has 0 aliphatic carbocycles. The Morgan fingerprint density at radius 3 is 2.86 bits per heavy atom. The number of ether oxygens (including phenoxy) is 2. The summed E-state index contributed by atoms with van der Waals surface area (Å²) >= 11 is 0. The Labute approximate surface area is 125 Å². The van der Waals surface area contributed by atoms with E-state index in [1.165, 1.54) is 0 Å². The minimum atomic E-state index is -0.0681. The molecule has 1 aliphatic rings. The number of rotatable bonds is 7. The molecule has 0 radical (unpaired) electrons. The van der Waals surface area contributed by atoms with Gasteiger partial charge in [0.25, 0.3) is 0 Å². The van der Waals surface area contributed by atoms with Gasteiger partial charge >= 0.3 is 0 Å². The van der Waals surface area contributed by atoms with Gasteiger partial charge in [0, 0.05) is 26.2 Å². The molecule has 1 aliphatic heterocycles. The van der Waals surface area contributed by atoms with Crippen molar-refractivity contribution in [3.8, 4) is 5.75 Å². The smallest absolute Gasteiger partial charge is 0.238 e. The average molecular weight is 293 g/mol. The van der Waals surface area contributed by atoms with Gasteiger partial charge < -0.3 is 20.1 Å². The zero-order valence-electron chi connectivity index (χ0n) is 12.4. The third-order valence-corrected chi connectivity index (χ3v) is 3.38. The lowest BCUT2D eigenvalue weighted by atomic mass is 10.3. The van der Waals surface area contributed by atoms with Crippen LogP contribution in [0, 0.1) is 0 Å². The lowest BCUT2D eigenvalue weighted by Gasteiger charge is -2.26. The molecular formula is C15H23N3O3. The SMILES string of the molecule is COc1ccccc1NC(=O)CNCCN1CCOCC1. The number of hydrogen-bond acceptors (Lipinski definition) is 5. The predicted molar refractivity (Wildman–Crippen MR) is 81.8 cm³/mol. The summed E-state index contributed by atoms with van der Waals surface area (Å²) in [5.41, 5.74) is 0.694.